The van der Waals surface area contributed by atoms with Crippen LogP contribution in [0.3, 0.4) is 0 Å². The monoisotopic (exact) mass is 373 g/mol. The van der Waals surface area contributed by atoms with E-state index in [4.69, 9.17) is 34.8 Å². The summed E-state index contributed by atoms with van der Waals surface area (Å²) in [6.07, 6.45) is 0. The molecule has 96 valence electrons. The number of aromatic amines is 1. The van der Waals surface area contributed by atoms with E-state index >= 15 is 0 Å². The molecule has 3 nitrogen and oxygen atoms in total. The Kier molecular flexibility index (Phi) is 3.78. The minimum atomic E-state index is -2.23. The van der Waals surface area contributed by atoms with Crippen LogP contribution in [0, 0.1) is 5.82 Å². The average molecular weight is 375 g/mol. The number of halogens is 5. The first-order valence-corrected chi connectivity index (χ1v) is 6.47. The molecule has 1 aromatic carbocycles. The van der Waals surface area contributed by atoms with Crippen molar-refractivity contribution in [3.8, 4) is 0 Å². The highest BCUT2D eigenvalue weighted by Gasteiger charge is 2.29. The van der Waals surface area contributed by atoms with Crippen LogP contribution in [-0.2, 0) is 4.74 Å². The Morgan fingerprint density at radius 3 is 2.67 bits per heavy atom. The van der Waals surface area contributed by atoms with Gasteiger partial charge in [-0.1, -0.05) is 15.9 Å². The van der Waals surface area contributed by atoms with E-state index in [1.807, 2.05) is 0 Å². The van der Waals surface area contributed by atoms with Crippen LogP contribution in [0.4, 0.5) is 4.39 Å². The standard InChI is InChI=1S/C10H4BrCl3FNO2/c11-4-1-2-6-5(3-4)7(15)8(16-6)9(17)18-10(12,13)14/h1-3,16H. The molecule has 0 saturated carbocycles. The Morgan fingerprint density at radius 2 is 2.06 bits per heavy atom. The van der Waals surface area contributed by atoms with E-state index in [1.54, 1.807) is 12.1 Å². The summed E-state index contributed by atoms with van der Waals surface area (Å²) in [4.78, 5) is 14.1. The lowest BCUT2D eigenvalue weighted by atomic mass is 10.2. The molecular formula is C10H4BrCl3FNO2. The maximum Gasteiger partial charge on any atom is 0.361 e. The number of aromatic nitrogens is 1. The molecule has 0 radical (unpaired) electrons. The molecule has 0 fully saturated rings. The summed E-state index contributed by atoms with van der Waals surface area (Å²) in [5, 5.41) is 0.237. The van der Waals surface area contributed by atoms with E-state index in [0.717, 1.165) is 0 Å². The van der Waals surface area contributed by atoms with Crippen molar-refractivity contribution in [1.29, 1.82) is 0 Å². The van der Waals surface area contributed by atoms with E-state index in [1.165, 1.54) is 6.07 Å². The van der Waals surface area contributed by atoms with E-state index in [0.29, 0.717) is 9.99 Å². The molecule has 0 bridgehead atoms. The van der Waals surface area contributed by atoms with Gasteiger partial charge in [-0.05, 0) is 53.0 Å². The van der Waals surface area contributed by atoms with Crippen LogP contribution < -0.4 is 0 Å². The quantitative estimate of drug-likeness (QED) is 0.587. The van der Waals surface area contributed by atoms with Crippen LogP contribution in [0.15, 0.2) is 22.7 Å². The lowest BCUT2D eigenvalue weighted by Gasteiger charge is -2.10. The van der Waals surface area contributed by atoms with E-state index < -0.39 is 21.5 Å². The van der Waals surface area contributed by atoms with Gasteiger partial charge in [0, 0.05) is 15.4 Å². The maximum atomic E-state index is 14.0. The summed E-state index contributed by atoms with van der Waals surface area (Å²) in [7, 11) is 0. The number of esters is 1. The van der Waals surface area contributed by atoms with E-state index in [9.17, 15) is 9.18 Å². The van der Waals surface area contributed by atoms with Crippen molar-refractivity contribution in [2.75, 3.05) is 0 Å². The molecule has 1 heterocycles. The summed E-state index contributed by atoms with van der Waals surface area (Å²) in [5.74, 6) is -1.84. The number of alkyl halides is 3. The van der Waals surface area contributed by atoms with Crippen LogP contribution in [0.1, 0.15) is 10.5 Å². The Bertz CT molecular complexity index is 623. The zero-order chi connectivity index (χ0) is 13.5. The van der Waals surface area contributed by atoms with Gasteiger partial charge in [-0.3, -0.25) is 0 Å². The van der Waals surface area contributed by atoms with Gasteiger partial charge in [-0.2, -0.15) is 0 Å². The highest BCUT2D eigenvalue weighted by atomic mass is 79.9. The molecule has 0 atom stereocenters. The molecule has 1 aromatic heterocycles. The first-order chi connectivity index (χ1) is 8.28. The molecule has 2 aromatic rings. The number of nitrogens with one attached hydrogen (secondary N) is 1. The van der Waals surface area contributed by atoms with Gasteiger partial charge in [0.05, 0.1) is 0 Å². The number of hydrogen-bond donors (Lipinski definition) is 1. The predicted octanol–water partition coefficient (Wildman–Crippen LogP) is 4.55. The second-order valence-electron chi connectivity index (χ2n) is 3.34. The molecule has 0 amide bonds. The van der Waals surface area contributed by atoms with Crippen molar-refractivity contribution in [1.82, 2.24) is 4.98 Å². The number of benzene rings is 1. The topological polar surface area (TPSA) is 42.1 Å². The molecule has 18 heavy (non-hydrogen) atoms. The highest BCUT2D eigenvalue weighted by molar-refractivity contribution is 9.10. The van der Waals surface area contributed by atoms with Gasteiger partial charge in [0.2, 0.25) is 0 Å². The molecule has 2 rings (SSSR count). The van der Waals surface area contributed by atoms with Gasteiger partial charge in [0.25, 0.3) is 0 Å². The van der Waals surface area contributed by atoms with Crippen LogP contribution in [0.5, 0.6) is 0 Å². The Hall–Kier alpha value is -0.490. The molecule has 0 unspecified atom stereocenters. The largest absolute Gasteiger partial charge is 0.410 e. The Labute approximate surface area is 124 Å². The van der Waals surface area contributed by atoms with Gasteiger partial charge in [0.1, 0.15) is 0 Å². The fourth-order valence-corrected chi connectivity index (χ4v) is 2.00. The van der Waals surface area contributed by atoms with Gasteiger partial charge >= 0.3 is 9.95 Å². The summed E-state index contributed by atoms with van der Waals surface area (Å²) in [5.41, 5.74) is 0.0430. The van der Waals surface area contributed by atoms with Crippen LogP contribution in [0.2, 0.25) is 0 Å². The third-order valence-electron chi connectivity index (χ3n) is 2.11. The van der Waals surface area contributed by atoms with Gasteiger partial charge in [-0.15, -0.1) is 0 Å². The number of ether oxygens (including phenoxy) is 1. The average Bonchev–Trinajstić information content (AvgIpc) is 2.54. The van der Waals surface area contributed by atoms with E-state index in [-0.39, 0.29) is 5.39 Å². The fraction of sp³-hybridized carbons (Fsp3) is 0.100. The third kappa shape index (κ3) is 2.91. The van der Waals surface area contributed by atoms with Gasteiger partial charge < -0.3 is 9.72 Å². The molecule has 0 aliphatic rings. The maximum absolute atomic E-state index is 14.0. The van der Waals surface area contributed by atoms with E-state index in [2.05, 4.69) is 25.7 Å². The zero-order valence-electron chi connectivity index (χ0n) is 8.44. The first-order valence-electron chi connectivity index (χ1n) is 4.55. The first kappa shape index (κ1) is 13.9. The smallest absolute Gasteiger partial charge is 0.361 e. The third-order valence-corrected chi connectivity index (χ3v) is 2.83. The lowest BCUT2D eigenvalue weighted by Crippen LogP contribution is -2.17. The van der Waals surface area contributed by atoms with Crippen molar-refractivity contribution in [3.63, 3.8) is 0 Å². The number of fused-ring (bicyclic) bond motifs is 1. The summed E-state index contributed by atoms with van der Waals surface area (Å²) in [6.45, 7) is 0. The molecule has 0 saturated heterocycles. The molecule has 0 spiro atoms. The zero-order valence-corrected chi connectivity index (χ0v) is 12.3. The van der Waals surface area contributed by atoms with Gasteiger partial charge in [0.15, 0.2) is 11.5 Å². The van der Waals surface area contributed by atoms with Crippen molar-refractivity contribution in [3.05, 3.63) is 34.2 Å². The number of carbonyl (C=O) groups excluding carboxylic acids is 1. The second kappa shape index (κ2) is 4.89. The summed E-state index contributed by atoms with van der Waals surface area (Å²) < 4.78 is 16.8. The van der Waals surface area contributed by atoms with Crippen molar-refractivity contribution in [2.45, 2.75) is 3.98 Å². The van der Waals surface area contributed by atoms with Crippen molar-refractivity contribution >= 4 is 67.6 Å². The molecular weight excluding hydrogens is 371 g/mol. The van der Waals surface area contributed by atoms with Gasteiger partial charge in [-0.25, -0.2) is 9.18 Å². The SMILES string of the molecule is O=C(OC(Cl)(Cl)Cl)c1[nH]c2ccc(Br)cc2c1F. The van der Waals surface area contributed by atoms with Crippen LogP contribution >= 0.6 is 50.7 Å². The molecule has 1 N–H and O–H groups in total. The highest BCUT2D eigenvalue weighted by Crippen LogP contribution is 2.30. The fourth-order valence-electron chi connectivity index (χ4n) is 1.43. The number of carbonyl (C=O) groups is 1. The lowest BCUT2D eigenvalue weighted by molar-refractivity contribution is 0.0480. The Morgan fingerprint density at radius 1 is 1.39 bits per heavy atom. The minimum Gasteiger partial charge on any atom is -0.410 e. The normalized spacial score (nSPS) is 11.8. The van der Waals surface area contributed by atoms with Crippen molar-refractivity contribution < 1.29 is 13.9 Å². The van der Waals surface area contributed by atoms with Crippen molar-refractivity contribution in [2.24, 2.45) is 0 Å². The Balaban J connectivity index is 2.46. The molecule has 0 aliphatic carbocycles. The number of hydrogen-bond acceptors (Lipinski definition) is 2. The number of H-pyrrole nitrogens is 1. The minimum absolute atomic E-state index is 0.237. The summed E-state index contributed by atoms with van der Waals surface area (Å²) >= 11 is 19.1. The van der Waals surface area contributed by atoms with Crippen LogP contribution in [-0.4, -0.2) is 14.9 Å². The molecule has 0 aliphatic heterocycles. The second-order valence-corrected chi connectivity index (χ2v) is 6.43. The summed E-state index contributed by atoms with van der Waals surface area (Å²) in [6, 6.07) is 4.82. The van der Waals surface area contributed by atoms with Crippen LogP contribution in [0.25, 0.3) is 10.9 Å². The predicted molar refractivity (Wildman–Crippen MR) is 71.7 cm³/mol. The molecule has 8 heteroatoms. The number of rotatable bonds is 1.